The molecule has 3 rings (SSSR count). The lowest BCUT2D eigenvalue weighted by Crippen LogP contribution is -2.41. The van der Waals surface area contributed by atoms with Gasteiger partial charge >= 0.3 is 0 Å². The van der Waals surface area contributed by atoms with Crippen molar-refractivity contribution in [3.8, 4) is 0 Å². The molecule has 3 fully saturated rings. The predicted octanol–water partition coefficient (Wildman–Crippen LogP) is 1.22. The Bertz CT molecular complexity index is 309. The monoisotopic (exact) mass is 265 g/mol. The van der Waals surface area contributed by atoms with Crippen LogP contribution in [0.25, 0.3) is 0 Å². The van der Waals surface area contributed by atoms with E-state index in [1.54, 1.807) is 0 Å². The Balaban J connectivity index is 1.45. The van der Waals surface area contributed by atoms with E-state index in [1.807, 2.05) is 0 Å². The molecule has 0 aromatic heterocycles. The van der Waals surface area contributed by atoms with Crippen molar-refractivity contribution in [2.24, 2.45) is 0 Å². The van der Waals surface area contributed by atoms with Crippen molar-refractivity contribution in [1.82, 2.24) is 15.1 Å². The first-order valence-electron chi connectivity index (χ1n) is 8.08. The Morgan fingerprint density at radius 2 is 1.89 bits per heavy atom. The molecule has 1 N–H and O–H groups in total. The topological polar surface area (TPSA) is 35.6 Å². The van der Waals surface area contributed by atoms with E-state index >= 15 is 0 Å². The molecular formula is C15H27N3O. The molecule has 19 heavy (non-hydrogen) atoms. The second-order valence-corrected chi connectivity index (χ2v) is 6.38. The molecule has 0 radical (unpaired) electrons. The number of hydrogen-bond acceptors (Lipinski definition) is 3. The third-order valence-electron chi connectivity index (χ3n) is 5.01. The van der Waals surface area contributed by atoms with Crippen LogP contribution in [0.4, 0.5) is 0 Å². The SMILES string of the molecule is O=C(CC1CCCCN1)N1CCC(N2CCCC2)C1. The quantitative estimate of drug-likeness (QED) is 0.833. The van der Waals surface area contributed by atoms with Gasteiger partial charge < -0.3 is 10.2 Å². The number of nitrogens with one attached hydrogen (secondary N) is 1. The molecule has 108 valence electrons. The second kappa shape index (κ2) is 6.23. The van der Waals surface area contributed by atoms with Gasteiger partial charge in [0, 0.05) is 31.6 Å². The number of rotatable bonds is 3. The molecule has 0 saturated carbocycles. The van der Waals surface area contributed by atoms with Crippen LogP contribution >= 0.6 is 0 Å². The summed E-state index contributed by atoms with van der Waals surface area (Å²) in [4.78, 5) is 17.0. The lowest BCUT2D eigenvalue weighted by Gasteiger charge is -2.26. The first kappa shape index (κ1) is 13.4. The number of nitrogens with zero attached hydrogens (tertiary/aromatic N) is 2. The van der Waals surface area contributed by atoms with Crippen molar-refractivity contribution in [1.29, 1.82) is 0 Å². The lowest BCUT2D eigenvalue weighted by molar-refractivity contribution is -0.131. The average Bonchev–Trinajstić information content (AvgIpc) is 3.11. The van der Waals surface area contributed by atoms with Crippen LogP contribution < -0.4 is 5.32 Å². The van der Waals surface area contributed by atoms with Gasteiger partial charge in [-0.1, -0.05) is 6.42 Å². The molecule has 1 amide bonds. The van der Waals surface area contributed by atoms with Gasteiger partial charge in [0.15, 0.2) is 0 Å². The van der Waals surface area contributed by atoms with Crippen LogP contribution in [0.5, 0.6) is 0 Å². The van der Waals surface area contributed by atoms with Crippen molar-refractivity contribution in [2.45, 2.75) is 57.0 Å². The number of hydrogen-bond donors (Lipinski definition) is 1. The van der Waals surface area contributed by atoms with Gasteiger partial charge in [0.25, 0.3) is 0 Å². The fourth-order valence-corrected chi connectivity index (χ4v) is 3.81. The Labute approximate surface area is 116 Å². The van der Waals surface area contributed by atoms with Gasteiger partial charge in [0.05, 0.1) is 0 Å². The van der Waals surface area contributed by atoms with Crippen LogP contribution in [0.3, 0.4) is 0 Å². The fourth-order valence-electron chi connectivity index (χ4n) is 3.81. The maximum Gasteiger partial charge on any atom is 0.224 e. The second-order valence-electron chi connectivity index (χ2n) is 6.38. The largest absolute Gasteiger partial charge is 0.341 e. The summed E-state index contributed by atoms with van der Waals surface area (Å²) >= 11 is 0. The smallest absolute Gasteiger partial charge is 0.224 e. The molecule has 4 heteroatoms. The van der Waals surface area contributed by atoms with E-state index in [-0.39, 0.29) is 0 Å². The summed E-state index contributed by atoms with van der Waals surface area (Å²) in [7, 11) is 0. The molecule has 0 aromatic rings. The van der Waals surface area contributed by atoms with Gasteiger partial charge in [-0.15, -0.1) is 0 Å². The van der Waals surface area contributed by atoms with Gasteiger partial charge in [-0.25, -0.2) is 0 Å². The summed E-state index contributed by atoms with van der Waals surface area (Å²) in [5.41, 5.74) is 0. The molecule has 0 spiro atoms. The molecule has 2 atom stereocenters. The Morgan fingerprint density at radius 1 is 1.05 bits per heavy atom. The summed E-state index contributed by atoms with van der Waals surface area (Å²) in [6, 6.07) is 1.08. The van der Waals surface area contributed by atoms with Crippen molar-refractivity contribution >= 4 is 5.91 Å². The van der Waals surface area contributed by atoms with Gasteiger partial charge in [-0.05, 0) is 51.7 Å². The molecule has 0 aromatic carbocycles. The maximum absolute atomic E-state index is 12.3. The first-order chi connectivity index (χ1) is 9.33. The van der Waals surface area contributed by atoms with Crippen LogP contribution in [0.2, 0.25) is 0 Å². The van der Waals surface area contributed by atoms with E-state index in [4.69, 9.17) is 0 Å². The first-order valence-corrected chi connectivity index (χ1v) is 8.08. The third-order valence-corrected chi connectivity index (χ3v) is 5.01. The molecule has 3 saturated heterocycles. The summed E-state index contributed by atoms with van der Waals surface area (Å²) in [5.74, 6) is 0.376. The van der Waals surface area contributed by atoms with Crippen LogP contribution in [0.15, 0.2) is 0 Å². The maximum atomic E-state index is 12.3. The van der Waals surface area contributed by atoms with E-state index in [1.165, 1.54) is 51.6 Å². The van der Waals surface area contributed by atoms with Crippen molar-refractivity contribution in [2.75, 3.05) is 32.7 Å². The lowest BCUT2D eigenvalue weighted by atomic mass is 10.0. The van der Waals surface area contributed by atoms with Gasteiger partial charge in [0.2, 0.25) is 5.91 Å². The van der Waals surface area contributed by atoms with Crippen LogP contribution in [0, 0.1) is 0 Å². The van der Waals surface area contributed by atoms with Crippen molar-refractivity contribution < 1.29 is 4.79 Å². The molecule has 4 nitrogen and oxygen atoms in total. The standard InChI is InChI=1S/C15H27N3O/c19-15(11-13-5-1-2-7-16-13)18-10-6-14(12-18)17-8-3-4-9-17/h13-14,16H,1-12H2. The highest BCUT2D eigenvalue weighted by Crippen LogP contribution is 2.21. The summed E-state index contributed by atoms with van der Waals surface area (Å²) in [5, 5.41) is 3.48. The third kappa shape index (κ3) is 3.29. The van der Waals surface area contributed by atoms with Gasteiger partial charge in [-0.2, -0.15) is 0 Å². The zero-order valence-corrected chi connectivity index (χ0v) is 11.9. The number of likely N-dealkylation sites (tertiary alicyclic amines) is 2. The number of amides is 1. The Hall–Kier alpha value is -0.610. The number of piperidine rings is 1. The molecule has 0 bridgehead atoms. The van der Waals surface area contributed by atoms with Crippen molar-refractivity contribution in [3.63, 3.8) is 0 Å². The summed E-state index contributed by atoms with van der Waals surface area (Å²) in [6.45, 7) is 5.54. The fraction of sp³-hybridized carbons (Fsp3) is 0.933. The van der Waals surface area contributed by atoms with Gasteiger partial charge in [0.1, 0.15) is 0 Å². The highest BCUT2D eigenvalue weighted by atomic mass is 16.2. The van der Waals surface area contributed by atoms with Crippen LogP contribution in [-0.4, -0.2) is 60.5 Å². The van der Waals surface area contributed by atoms with E-state index in [0.717, 1.165) is 19.6 Å². The molecular weight excluding hydrogens is 238 g/mol. The summed E-state index contributed by atoms with van der Waals surface area (Å²) in [6.07, 6.45) is 8.31. The number of carbonyl (C=O) groups excluding carboxylic acids is 1. The minimum Gasteiger partial charge on any atom is -0.341 e. The highest BCUT2D eigenvalue weighted by molar-refractivity contribution is 5.77. The van der Waals surface area contributed by atoms with Crippen LogP contribution in [0.1, 0.15) is 44.9 Å². The Morgan fingerprint density at radius 3 is 2.63 bits per heavy atom. The molecule has 3 aliphatic heterocycles. The van der Waals surface area contributed by atoms with Gasteiger partial charge in [-0.3, -0.25) is 9.69 Å². The van der Waals surface area contributed by atoms with E-state index in [9.17, 15) is 4.79 Å². The predicted molar refractivity (Wildman–Crippen MR) is 76.1 cm³/mol. The van der Waals surface area contributed by atoms with E-state index < -0.39 is 0 Å². The zero-order chi connectivity index (χ0) is 13.1. The minimum absolute atomic E-state index is 0.376. The van der Waals surface area contributed by atoms with Crippen molar-refractivity contribution in [3.05, 3.63) is 0 Å². The molecule has 0 aliphatic carbocycles. The van der Waals surface area contributed by atoms with E-state index in [0.29, 0.717) is 24.4 Å². The zero-order valence-electron chi connectivity index (χ0n) is 11.9. The number of carbonyl (C=O) groups is 1. The highest BCUT2D eigenvalue weighted by Gasteiger charge is 2.32. The normalized spacial score (nSPS) is 32.9. The van der Waals surface area contributed by atoms with Crippen LogP contribution in [-0.2, 0) is 4.79 Å². The molecule has 3 heterocycles. The molecule has 2 unspecified atom stereocenters. The Kier molecular flexibility index (Phi) is 4.38. The van der Waals surface area contributed by atoms with E-state index in [2.05, 4.69) is 15.1 Å². The minimum atomic E-state index is 0.376. The molecule has 3 aliphatic rings. The average molecular weight is 265 g/mol. The summed E-state index contributed by atoms with van der Waals surface area (Å²) < 4.78 is 0.